The average Bonchev–Trinajstić information content (AvgIpc) is 3.47. The van der Waals surface area contributed by atoms with Crippen molar-refractivity contribution < 1.29 is 0 Å². The minimum Gasteiger partial charge on any atom is -0.316 e. The van der Waals surface area contributed by atoms with Gasteiger partial charge in [0.1, 0.15) is 0 Å². The topological polar surface area (TPSA) is 57.4 Å². The first-order valence-electron chi connectivity index (χ1n) is 11.1. The van der Waals surface area contributed by atoms with E-state index in [9.17, 15) is 10.5 Å². The zero-order chi connectivity index (χ0) is 22.8. The van der Waals surface area contributed by atoms with Crippen LogP contribution in [0, 0.1) is 22.7 Å². The second kappa shape index (κ2) is 6.72. The SMILES string of the molecule is N#Cc1cc(C#N)cc(-n2c3cccc4ccc5c6ccn(-c7ccccc7)c6cc2c5c43)c1. The summed E-state index contributed by atoms with van der Waals surface area (Å²) >= 11 is 0. The first kappa shape index (κ1) is 18.5. The summed E-state index contributed by atoms with van der Waals surface area (Å²) in [5, 5.41) is 25.2. The Morgan fingerprint density at radius 1 is 0.559 bits per heavy atom. The first-order valence-corrected chi connectivity index (χ1v) is 11.1. The van der Waals surface area contributed by atoms with E-state index in [0.29, 0.717) is 11.1 Å². The molecule has 156 valence electrons. The highest BCUT2D eigenvalue weighted by atomic mass is 15.0. The highest BCUT2D eigenvalue weighted by Crippen LogP contribution is 2.42. The number of para-hydroxylation sites is 1. The quantitative estimate of drug-likeness (QED) is 0.275. The van der Waals surface area contributed by atoms with Gasteiger partial charge in [0, 0.05) is 33.7 Å². The van der Waals surface area contributed by atoms with Gasteiger partial charge in [-0.15, -0.1) is 0 Å². The minimum absolute atomic E-state index is 0.474. The summed E-state index contributed by atoms with van der Waals surface area (Å²) in [4.78, 5) is 0. The number of fused-ring (bicyclic) bond motifs is 2. The predicted octanol–water partition coefficient (Wildman–Crippen LogP) is 7.06. The van der Waals surface area contributed by atoms with E-state index in [2.05, 4.69) is 82.1 Å². The number of hydrogen-bond acceptors (Lipinski definition) is 2. The number of rotatable bonds is 2. The van der Waals surface area contributed by atoms with E-state index in [4.69, 9.17) is 0 Å². The Bertz CT molecular complexity index is 1940. The van der Waals surface area contributed by atoms with E-state index in [1.807, 2.05) is 30.3 Å². The van der Waals surface area contributed by atoms with Crippen molar-refractivity contribution >= 4 is 43.5 Å². The lowest BCUT2D eigenvalue weighted by Crippen LogP contribution is -1.97. The fourth-order valence-electron chi connectivity index (χ4n) is 5.33. The smallest absolute Gasteiger partial charge is 0.0992 e. The highest BCUT2D eigenvalue weighted by molar-refractivity contribution is 6.29. The molecule has 0 spiro atoms. The maximum absolute atomic E-state index is 9.60. The molecule has 0 bridgehead atoms. The first-order chi connectivity index (χ1) is 16.8. The third-order valence-corrected chi connectivity index (χ3v) is 6.72. The van der Waals surface area contributed by atoms with Crippen molar-refractivity contribution in [1.82, 2.24) is 9.13 Å². The molecule has 4 nitrogen and oxygen atoms in total. The third kappa shape index (κ3) is 2.40. The second-order valence-corrected chi connectivity index (χ2v) is 8.54. The molecule has 0 N–H and O–H groups in total. The van der Waals surface area contributed by atoms with E-state index < -0.39 is 0 Å². The molecule has 5 aromatic carbocycles. The van der Waals surface area contributed by atoms with Crippen LogP contribution in [-0.2, 0) is 0 Å². The molecule has 0 unspecified atom stereocenters. The van der Waals surface area contributed by atoms with Gasteiger partial charge < -0.3 is 9.13 Å². The third-order valence-electron chi connectivity index (χ3n) is 6.72. The molecule has 34 heavy (non-hydrogen) atoms. The van der Waals surface area contributed by atoms with Crippen molar-refractivity contribution in [3.8, 4) is 23.5 Å². The predicted molar refractivity (Wildman–Crippen MR) is 136 cm³/mol. The molecule has 0 aliphatic heterocycles. The maximum Gasteiger partial charge on any atom is 0.0992 e. The summed E-state index contributed by atoms with van der Waals surface area (Å²) in [7, 11) is 0. The zero-order valence-electron chi connectivity index (χ0n) is 18.0. The summed E-state index contributed by atoms with van der Waals surface area (Å²) in [6.45, 7) is 0. The Hall–Kier alpha value is -5.06. The van der Waals surface area contributed by atoms with Crippen LogP contribution in [0.4, 0.5) is 0 Å². The van der Waals surface area contributed by atoms with Crippen LogP contribution in [0.2, 0.25) is 0 Å². The van der Waals surface area contributed by atoms with Crippen molar-refractivity contribution in [2.45, 2.75) is 0 Å². The largest absolute Gasteiger partial charge is 0.316 e. The number of hydrogen-bond donors (Lipinski definition) is 0. The van der Waals surface area contributed by atoms with Crippen molar-refractivity contribution in [1.29, 1.82) is 10.5 Å². The molecule has 0 aliphatic rings. The van der Waals surface area contributed by atoms with Crippen LogP contribution in [0.5, 0.6) is 0 Å². The average molecular weight is 432 g/mol. The molecule has 7 aromatic rings. The lowest BCUT2D eigenvalue weighted by atomic mass is 10.00. The van der Waals surface area contributed by atoms with Crippen molar-refractivity contribution in [2.24, 2.45) is 0 Å². The molecule has 7 rings (SSSR count). The van der Waals surface area contributed by atoms with E-state index in [0.717, 1.165) is 27.9 Å². The van der Waals surface area contributed by atoms with Crippen LogP contribution in [-0.4, -0.2) is 9.13 Å². The number of aromatic nitrogens is 2. The molecule has 2 heterocycles. The number of benzene rings is 5. The van der Waals surface area contributed by atoms with Crippen LogP contribution < -0.4 is 0 Å². The number of nitrogens with zero attached hydrogens (tertiary/aromatic N) is 4. The standard InChI is InChI=1S/C30H16N4/c31-17-19-13-20(18-32)15-23(14-19)34-26-8-4-5-21-9-10-25-24-11-12-33(22-6-2-1-3-7-22)27(24)16-28(34)30(25)29(21)26/h1-16H. The fourth-order valence-corrected chi connectivity index (χ4v) is 5.33. The summed E-state index contributed by atoms with van der Waals surface area (Å²) < 4.78 is 4.40. The lowest BCUT2D eigenvalue weighted by Gasteiger charge is -2.11. The molecule has 0 fully saturated rings. The Morgan fingerprint density at radius 2 is 1.35 bits per heavy atom. The van der Waals surface area contributed by atoms with Crippen molar-refractivity contribution in [2.75, 3.05) is 0 Å². The highest BCUT2D eigenvalue weighted by Gasteiger charge is 2.20. The van der Waals surface area contributed by atoms with Crippen LogP contribution in [0.1, 0.15) is 11.1 Å². The normalized spacial score (nSPS) is 11.5. The lowest BCUT2D eigenvalue weighted by molar-refractivity contribution is 1.12. The molecular formula is C30H16N4. The molecule has 0 aliphatic carbocycles. The second-order valence-electron chi connectivity index (χ2n) is 8.54. The maximum atomic E-state index is 9.60. The monoisotopic (exact) mass is 432 g/mol. The van der Waals surface area contributed by atoms with Crippen LogP contribution in [0.25, 0.3) is 54.9 Å². The van der Waals surface area contributed by atoms with Crippen molar-refractivity contribution in [3.63, 3.8) is 0 Å². The van der Waals surface area contributed by atoms with E-state index in [1.165, 1.54) is 26.9 Å². The summed E-state index contributed by atoms with van der Waals surface area (Å²) in [5.41, 5.74) is 6.11. The molecule has 0 saturated heterocycles. The van der Waals surface area contributed by atoms with E-state index in [-0.39, 0.29) is 0 Å². The molecule has 2 aromatic heterocycles. The summed E-state index contributed by atoms with van der Waals surface area (Å²) in [6.07, 6.45) is 2.12. The zero-order valence-corrected chi connectivity index (χ0v) is 18.0. The van der Waals surface area contributed by atoms with Gasteiger partial charge in [-0.3, -0.25) is 0 Å². The Balaban J connectivity index is 1.69. The van der Waals surface area contributed by atoms with Gasteiger partial charge in [-0.1, -0.05) is 42.5 Å². The van der Waals surface area contributed by atoms with Crippen LogP contribution in [0.15, 0.2) is 97.2 Å². The van der Waals surface area contributed by atoms with Crippen LogP contribution in [0.3, 0.4) is 0 Å². The molecule has 0 saturated carbocycles. The van der Waals surface area contributed by atoms with Gasteiger partial charge in [0.05, 0.1) is 39.8 Å². The van der Waals surface area contributed by atoms with E-state index >= 15 is 0 Å². The van der Waals surface area contributed by atoms with Gasteiger partial charge >= 0.3 is 0 Å². The summed E-state index contributed by atoms with van der Waals surface area (Å²) in [5.74, 6) is 0. The van der Waals surface area contributed by atoms with Gasteiger partial charge in [0.25, 0.3) is 0 Å². The molecular weight excluding hydrogens is 416 g/mol. The Kier molecular flexibility index (Phi) is 3.66. The minimum atomic E-state index is 0.474. The van der Waals surface area contributed by atoms with Gasteiger partial charge in [-0.2, -0.15) is 10.5 Å². The number of nitriles is 2. The molecule has 0 radical (unpaired) electrons. The van der Waals surface area contributed by atoms with Gasteiger partial charge in [-0.05, 0) is 59.3 Å². The Labute approximate surface area is 195 Å². The van der Waals surface area contributed by atoms with Gasteiger partial charge in [0.2, 0.25) is 0 Å². The van der Waals surface area contributed by atoms with E-state index in [1.54, 1.807) is 6.07 Å². The van der Waals surface area contributed by atoms with Crippen LogP contribution >= 0.6 is 0 Å². The summed E-state index contributed by atoms with van der Waals surface area (Å²) in [6, 6.07) is 35.2. The molecule has 0 atom stereocenters. The fraction of sp³-hybridized carbons (Fsp3) is 0. The van der Waals surface area contributed by atoms with Crippen molar-refractivity contribution in [3.05, 3.63) is 108 Å². The van der Waals surface area contributed by atoms with Gasteiger partial charge in [0.15, 0.2) is 0 Å². The molecule has 0 amide bonds. The molecule has 4 heteroatoms. The Morgan fingerprint density at radius 3 is 2.12 bits per heavy atom. The van der Waals surface area contributed by atoms with Gasteiger partial charge in [-0.25, -0.2) is 0 Å².